The fraction of sp³-hybridized carbons (Fsp3) is 0.0909. The summed E-state index contributed by atoms with van der Waals surface area (Å²) in [7, 11) is 0. The van der Waals surface area contributed by atoms with Crippen molar-refractivity contribution >= 4 is 40.5 Å². The van der Waals surface area contributed by atoms with Crippen molar-refractivity contribution in [3.63, 3.8) is 0 Å². The van der Waals surface area contributed by atoms with Gasteiger partial charge in [0.25, 0.3) is 5.91 Å². The first-order valence-corrected chi connectivity index (χ1v) is 11.2. The molecule has 0 atom stereocenters. The van der Waals surface area contributed by atoms with Gasteiger partial charge in [-0.1, -0.05) is 36.2 Å². The molecule has 0 saturated heterocycles. The molecule has 8 heteroatoms. The Balaban J connectivity index is 1.54. The number of carbonyl (C=O) groups excluding carboxylic acids is 1. The van der Waals surface area contributed by atoms with E-state index in [4.69, 9.17) is 15.9 Å². The first kappa shape index (κ1) is 20.2. The van der Waals surface area contributed by atoms with Crippen molar-refractivity contribution in [3.05, 3.63) is 87.2 Å². The molecule has 30 heavy (non-hydrogen) atoms. The third kappa shape index (κ3) is 3.97. The van der Waals surface area contributed by atoms with Crippen LogP contribution in [0.1, 0.15) is 27.2 Å². The minimum absolute atomic E-state index is 0.162. The molecule has 0 aliphatic heterocycles. The zero-order valence-corrected chi connectivity index (χ0v) is 18.0. The number of rotatable bonds is 6. The lowest BCUT2D eigenvalue weighted by molar-refractivity contribution is 0.0952. The number of fused-ring (bicyclic) bond motifs is 1. The average molecular weight is 436 g/mol. The van der Waals surface area contributed by atoms with Crippen molar-refractivity contribution in [1.29, 1.82) is 0 Å². The van der Waals surface area contributed by atoms with Gasteiger partial charge in [0.2, 0.25) is 0 Å². The minimum Gasteiger partial charge on any atom is -0.398 e. The Morgan fingerprint density at radius 3 is 2.77 bits per heavy atom. The van der Waals surface area contributed by atoms with Crippen molar-refractivity contribution in [3.8, 4) is 11.3 Å². The Morgan fingerprint density at radius 1 is 1.27 bits per heavy atom. The summed E-state index contributed by atoms with van der Waals surface area (Å²) in [5, 5.41) is 14.2. The Kier molecular flexibility index (Phi) is 5.89. The van der Waals surface area contributed by atoms with E-state index in [0.29, 0.717) is 23.5 Å². The SMILES string of the molecule is Cc1c(-c2ccsc2)nc2c(C(=O)NCc3ccc(/C(N)=C/SN)cc3)cccn12. The van der Waals surface area contributed by atoms with E-state index in [1.54, 1.807) is 22.8 Å². The number of benzene rings is 1. The number of imidazole rings is 1. The van der Waals surface area contributed by atoms with Crippen LogP contribution in [0.4, 0.5) is 0 Å². The molecule has 0 fully saturated rings. The van der Waals surface area contributed by atoms with Gasteiger partial charge in [-0.3, -0.25) is 9.93 Å². The van der Waals surface area contributed by atoms with Gasteiger partial charge in [0.05, 0.1) is 11.3 Å². The number of hydrogen-bond donors (Lipinski definition) is 3. The molecule has 3 aromatic heterocycles. The molecular formula is C22H21N5OS2. The van der Waals surface area contributed by atoms with Gasteiger partial charge in [-0.15, -0.1) is 0 Å². The van der Waals surface area contributed by atoms with Crippen LogP contribution in [0.3, 0.4) is 0 Å². The van der Waals surface area contributed by atoms with Crippen LogP contribution in [0, 0.1) is 6.92 Å². The smallest absolute Gasteiger partial charge is 0.255 e. The van der Waals surface area contributed by atoms with Gasteiger partial charge < -0.3 is 15.5 Å². The maximum absolute atomic E-state index is 12.9. The van der Waals surface area contributed by atoms with Crippen LogP contribution in [-0.2, 0) is 6.54 Å². The van der Waals surface area contributed by atoms with Gasteiger partial charge in [-0.25, -0.2) is 4.98 Å². The van der Waals surface area contributed by atoms with E-state index in [1.165, 1.54) is 0 Å². The molecule has 0 bridgehead atoms. The second kappa shape index (κ2) is 8.74. The van der Waals surface area contributed by atoms with E-state index in [2.05, 4.69) is 10.7 Å². The van der Waals surface area contributed by atoms with Crippen molar-refractivity contribution in [1.82, 2.24) is 14.7 Å². The lowest BCUT2D eigenvalue weighted by atomic mass is 10.1. The van der Waals surface area contributed by atoms with Crippen molar-refractivity contribution in [2.24, 2.45) is 10.9 Å². The molecule has 3 heterocycles. The number of nitrogens with two attached hydrogens (primary N) is 2. The van der Waals surface area contributed by atoms with Crippen LogP contribution in [-0.4, -0.2) is 15.3 Å². The fourth-order valence-corrected chi connectivity index (χ4v) is 4.19. The third-order valence-electron chi connectivity index (χ3n) is 4.86. The lowest BCUT2D eigenvalue weighted by Crippen LogP contribution is -2.23. The highest BCUT2D eigenvalue weighted by atomic mass is 32.2. The normalized spacial score (nSPS) is 11.7. The first-order valence-electron chi connectivity index (χ1n) is 9.27. The first-order chi connectivity index (χ1) is 14.6. The van der Waals surface area contributed by atoms with Crippen LogP contribution < -0.4 is 16.2 Å². The number of carbonyl (C=O) groups is 1. The molecule has 0 aliphatic carbocycles. The zero-order valence-electron chi connectivity index (χ0n) is 16.3. The summed E-state index contributed by atoms with van der Waals surface area (Å²) in [5.41, 5.74) is 12.6. The molecule has 0 unspecified atom stereocenters. The third-order valence-corrected chi connectivity index (χ3v) is 5.94. The van der Waals surface area contributed by atoms with Gasteiger partial charge >= 0.3 is 0 Å². The summed E-state index contributed by atoms with van der Waals surface area (Å²) in [6.45, 7) is 2.42. The van der Waals surface area contributed by atoms with Gasteiger partial charge in [0, 0.05) is 40.5 Å². The molecule has 5 N–H and O–H groups in total. The van der Waals surface area contributed by atoms with E-state index in [0.717, 1.165) is 40.0 Å². The summed E-state index contributed by atoms with van der Waals surface area (Å²) >= 11 is 2.70. The van der Waals surface area contributed by atoms with E-state index in [-0.39, 0.29) is 5.91 Å². The molecule has 0 saturated carbocycles. The molecule has 0 spiro atoms. The van der Waals surface area contributed by atoms with Crippen LogP contribution >= 0.6 is 23.3 Å². The zero-order chi connectivity index (χ0) is 21.1. The monoisotopic (exact) mass is 435 g/mol. The van der Waals surface area contributed by atoms with Crippen LogP contribution in [0.15, 0.2) is 64.8 Å². The second-order valence-corrected chi connectivity index (χ2v) is 8.05. The molecular weight excluding hydrogens is 414 g/mol. The van der Waals surface area contributed by atoms with Crippen molar-refractivity contribution in [2.45, 2.75) is 13.5 Å². The quantitative estimate of drug-likeness (QED) is 0.395. The number of hydrogen-bond acceptors (Lipinski definition) is 6. The summed E-state index contributed by atoms with van der Waals surface area (Å²) < 4.78 is 1.96. The Morgan fingerprint density at radius 2 is 2.07 bits per heavy atom. The summed E-state index contributed by atoms with van der Waals surface area (Å²) in [4.78, 5) is 17.6. The number of amides is 1. The standard InChI is InChI=1S/C22H21N5OS2/c1-14-20(17-8-10-29-12-17)26-21-18(3-2-9-27(14)21)22(28)25-11-15-4-6-16(7-5-15)19(23)13-30-24/h2-10,12-13H,11,23-24H2,1H3,(H,25,28)/b19-13-. The molecule has 0 aliphatic rings. The molecule has 4 aromatic rings. The largest absolute Gasteiger partial charge is 0.398 e. The molecule has 1 aromatic carbocycles. The van der Waals surface area contributed by atoms with Crippen molar-refractivity contribution < 1.29 is 4.79 Å². The highest BCUT2D eigenvalue weighted by molar-refractivity contribution is 8.00. The molecule has 1 amide bonds. The number of nitrogens with zero attached hydrogens (tertiary/aromatic N) is 2. The molecule has 4 rings (SSSR count). The Bertz CT molecular complexity index is 1210. The molecule has 152 valence electrons. The maximum Gasteiger partial charge on any atom is 0.255 e. The maximum atomic E-state index is 12.9. The van der Waals surface area contributed by atoms with E-state index >= 15 is 0 Å². The van der Waals surface area contributed by atoms with Crippen LogP contribution in [0.2, 0.25) is 0 Å². The van der Waals surface area contributed by atoms with Crippen molar-refractivity contribution in [2.75, 3.05) is 0 Å². The second-order valence-electron chi connectivity index (χ2n) is 6.76. The topological polar surface area (TPSA) is 98.4 Å². The predicted molar refractivity (Wildman–Crippen MR) is 125 cm³/mol. The summed E-state index contributed by atoms with van der Waals surface area (Å²) in [5.74, 6) is -0.162. The van der Waals surface area contributed by atoms with E-state index < -0.39 is 0 Å². The van der Waals surface area contributed by atoms with E-state index in [1.807, 2.05) is 59.3 Å². The van der Waals surface area contributed by atoms with Gasteiger partial charge in [0.15, 0.2) is 5.65 Å². The number of aryl methyl sites for hydroxylation is 1. The van der Waals surface area contributed by atoms with E-state index in [9.17, 15) is 4.79 Å². The Labute approximate surface area is 182 Å². The highest BCUT2D eigenvalue weighted by Gasteiger charge is 2.17. The minimum atomic E-state index is -0.162. The highest BCUT2D eigenvalue weighted by Crippen LogP contribution is 2.27. The number of pyridine rings is 1. The predicted octanol–water partition coefficient (Wildman–Crippen LogP) is 4.17. The van der Waals surface area contributed by atoms with Crippen LogP contribution in [0.5, 0.6) is 0 Å². The number of aromatic nitrogens is 2. The Hall–Kier alpha value is -3.07. The summed E-state index contributed by atoms with van der Waals surface area (Å²) in [6, 6.07) is 13.4. The van der Waals surface area contributed by atoms with Crippen LogP contribution in [0.25, 0.3) is 22.6 Å². The molecule has 6 nitrogen and oxygen atoms in total. The van der Waals surface area contributed by atoms with Gasteiger partial charge in [0.1, 0.15) is 0 Å². The average Bonchev–Trinajstić information content (AvgIpc) is 3.40. The van der Waals surface area contributed by atoms with Gasteiger partial charge in [-0.2, -0.15) is 11.3 Å². The summed E-state index contributed by atoms with van der Waals surface area (Å²) in [6.07, 6.45) is 1.93. The number of nitrogens with one attached hydrogen (secondary N) is 1. The molecule has 0 radical (unpaired) electrons. The lowest BCUT2D eigenvalue weighted by Gasteiger charge is -2.08. The van der Waals surface area contributed by atoms with Gasteiger partial charge in [-0.05, 0) is 41.6 Å². The fourth-order valence-electron chi connectivity index (χ4n) is 3.27. The number of thiophene rings is 1.